The molecule has 2 heterocycles. The lowest BCUT2D eigenvalue weighted by Crippen LogP contribution is -2.21. The van der Waals surface area contributed by atoms with E-state index in [4.69, 9.17) is 5.73 Å². The zero-order chi connectivity index (χ0) is 13.2. The molecule has 0 aliphatic carbocycles. The third-order valence-electron chi connectivity index (χ3n) is 2.13. The monoisotopic (exact) mass is 247 g/mol. The molecule has 0 spiro atoms. The molecular formula is C11H17N7. The fourth-order valence-electron chi connectivity index (χ4n) is 1.29. The van der Waals surface area contributed by atoms with Crippen LogP contribution >= 0.6 is 0 Å². The molecule has 2 aromatic rings. The van der Waals surface area contributed by atoms with Gasteiger partial charge in [-0.1, -0.05) is 20.8 Å². The first-order valence-corrected chi connectivity index (χ1v) is 5.69. The summed E-state index contributed by atoms with van der Waals surface area (Å²) in [6, 6.07) is 1.79. The molecule has 7 heteroatoms. The van der Waals surface area contributed by atoms with Gasteiger partial charge >= 0.3 is 0 Å². The summed E-state index contributed by atoms with van der Waals surface area (Å²) in [6.45, 7) is 7.12. The van der Waals surface area contributed by atoms with E-state index >= 15 is 0 Å². The number of anilines is 2. The summed E-state index contributed by atoms with van der Waals surface area (Å²) < 4.78 is 1.54. The third-order valence-corrected chi connectivity index (χ3v) is 2.13. The van der Waals surface area contributed by atoms with Gasteiger partial charge in [-0.2, -0.15) is 20.1 Å². The van der Waals surface area contributed by atoms with Gasteiger partial charge in [0.25, 0.3) is 5.95 Å². The Balaban J connectivity index is 2.22. The van der Waals surface area contributed by atoms with Crippen molar-refractivity contribution in [2.45, 2.75) is 20.8 Å². The molecule has 7 nitrogen and oxygen atoms in total. The van der Waals surface area contributed by atoms with Crippen molar-refractivity contribution in [3.05, 3.63) is 18.5 Å². The van der Waals surface area contributed by atoms with Crippen molar-refractivity contribution >= 4 is 11.9 Å². The van der Waals surface area contributed by atoms with Crippen LogP contribution in [-0.2, 0) is 0 Å². The molecule has 2 rings (SSSR count). The van der Waals surface area contributed by atoms with Gasteiger partial charge in [-0.3, -0.25) is 0 Å². The van der Waals surface area contributed by atoms with Crippen molar-refractivity contribution in [1.29, 1.82) is 0 Å². The van der Waals surface area contributed by atoms with Crippen LogP contribution < -0.4 is 11.1 Å². The quantitative estimate of drug-likeness (QED) is 0.843. The van der Waals surface area contributed by atoms with E-state index in [-0.39, 0.29) is 11.4 Å². The standard InChI is InChI=1S/C11H17N7/c1-11(2,3)7-13-9-15-8(12)16-10(17-9)18-6-4-5-14-18/h4-6H,7H2,1-3H3,(H3,12,13,15,16,17). The molecular weight excluding hydrogens is 230 g/mol. The highest BCUT2D eigenvalue weighted by atomic mass is 15.4. The lowest BCUT2D eigenvalue weighted by molar-refractivity contribution is 0.441. The van der Waals surface area contributed by atoms with Gasteiger partial charge < -0.3 is 11.1 Å². The average molecular weight is 247 g/mol. The topological polar surface area (TPSA) is 94.5 Å². The van der Waals surface area contributed by atoms with E-state index in [1.165, 1.54) is 0 Å². The Morgan fingerprint density at radius 2 is 2.06 bits per heavy atom. The van der Waals surface area contributed by atoms with Crippen LogP contribution in [0.15, 0.2) is 18.5 Å². The normalized spacial score (nSPS) is 11.5. The molecule has 0 saturated carbocycles. The van der Waals surface area contributed by atoms with Crippen molar-refractivity contribution in [3.8, 4) is 5.95 Å². The second-order valence-corrected chi connectivity index (χ2v) is 5.18. The van der Waals surface area contributed by atoms with E-state index in [2.05, 4.69) is 46.1 Å². The number of hydrogen-bond acceptors (Lipinski definition) is 6. The van der Waals surface area contributed by atoms with Crippen LogP contribution in [0.5, 0.6) is 0 Å². The highest BCUT2D eigenvalue weighted by Crippen LogP contribution is 2.14. The van der Waals surface area contributed by atoms with Crippen LogP contribution in [0.4, 0.5) is 11.9 Å². The molecule has 18 heavy (non-hydrogen) atoms. The molecule has 2 aromatic heterocycles. The summed E-state index contributed by atoms with van der Waals surface area (Å²) in [5.74, 6) is 1.04. The van der Waals surface area contributed by atoms with Crippen LogP contribution in [0.2, 0.25) is 0 Å². The summed E-state index contributed by atoms with van der Waals surface area (Å²) >= 11 is 0. The number of rotatable bonds is 3. The average Bonchev–Trinajstić information content (AvgIpc) is 2.78. The lowest BCUT2D eigenvalue weighted by atomic mass is 9.97. The van der Waals surface area contributed by atoms with Crippen LogP contribution in [-0.4, -0.2) is 31.3 Å². The Morgan fingerprint density at radius 1 is 1.28 bits per heavy atom. The van der Waals surface area contributed by atoms with E-state index in [1.54, 1.807) is 23.1 Å². The van der Waals surface area contributed by atoms with Crippen molar-refractivity contribution < 1.29 is 0 Å². The molecule has 0 atom stereocenters. The molecule has 0 radical (unpaired) electrons. The van der Waals surface area contributed by atoms with E-state index < -0.39 is 0 Å². The van der Waals surface area contributed by atoms with E-state index in [1.807, 2.05) is 0 Å². The van der Waals surface area contributed by atoms with Gasteiger partial charge in [0.05, 0.1) is 0 Å². The molecule has 0 amide bonds. The fraction of sp³-hybridized carbons (Fsp3) is 0.455. The van der Waals surface area contributed by atoms with Crippen LogP contribution in [0.25, 0.3) is 5.95 Å². The predicted molar refractivity (Wildman–Crippen MR) is 69.3 cm³/mol. The number of nitrogens with one attached hydrogen (secondary N) is 1. The van der Waals surface area contributed by atoms with Gasteiger partial charge in [0.1, 0.15) is 0 Å². The molecule has 0 aromatic carbocycles. The van der Waals surface area contributed by atoms with E-state index in [9.17, 15) is 0 Å². The number of hydrogen-bond donors (Lipinski definition) is 2. The second kappa shape index (κ2) is 4.59. The number of nitrogens with zero attached hydrogens (tertiary/aromatic N) is 5. The van der Waals surface area contributed by atoms with Gasteiger partial charge in [-0.05, 0) is 11.5 Å². The molecule has 0 aliphatic heterocycles. The third kappa shape index (κ3) is 3.16. The summed E-state index contributed by atoms with van der Waals surface area (Å²) in [7, 11) is 0. The number of aromatic nitrogens is 5. The van der Waals surface area contributed by atoms with Gasteiger partial charge in [0.2, 0.25) is 11.9 Å². The zero-order valence-corrected chi connectivity index (χ0v) is 10.8. The second-order valence-electron chi connectivity index (χ2n) is 5.18. The fourth-order valence-corrected chi connectivity index (χ4v) is 1.29. The van der Waals surface area contributed by atoms with Gasteiger partial charge in [0.15, 0.2) is 0 Å². The first-order valence-electron chi connectivity index (χ1n) is 5.69. The molecule has 0 aliphatic rings. The van der Waals surface area contributed by atoms with Crippen LogP contribution in [0, 0.1) is 5.41 Å². The first-order chi connectivity index (χ1) is 8.44. The van der Waals surface area contributed by atoms with Crippen LogP contribution in [0.1, 0.15) is 20.8 Å². The molecule has 0 unspecified atom stereocenters. The number of nitrogen functional groups attached to an aromatic ring is 1. The summed E-state index contributed by atoms with van der Waals surface area (Å²) in [5, 5.41) is 7.20. The summed E-state index contributed by atoms with van der Waals surface area (Å²) in [6.07, 6.45) is 3.41. The summed E-state index contributed by atoms with van der Waals surface area (Å²) in [5.41, 5.74) is 5.79. The highest BCUT2D eigenvalue weighted by molar-refractivity contribution is 5.34. The van der Waals surface area contributed by atoms with Crippen molar-refractivity contribution in [1.82, 2.24) is 24.7 Å². The maximum atomic E-state index is 5.66. The van der Waals surface area contributed by atoms with Gasteiger partial charge in [-0.25, -0.2) is 4.68 Å². The molecule has 96 valence electrons. The van der Waals surface area contributed by atoms with Crippen LogP contribution in [0.3, 0.4) is 0 Å². The molecule has 0 fully saturated rings. The maximum Gasteiger partial charge on any atom is 0.257 e. The predicted octanol–water partition coefficient (Wildman–Crippen LogP) is 1.10. The minimum atomic E-state index is 0.132. The summed E-state index contributed by atoms with van der Waals surface area (Å²) in [4.78, 5) is 12.4. The maximum absolute atomic E-state index is 5.66. The number of nitrogens with two attached hydrogens (primary N) is 1. The van der Waals surface area contributed by atoms with Crippen molar-refractivity contribution in [2.24, 2.45) is 5.41 Å². The Bertz CT molecular complexity index is 513. The minimum absolute atomic E-state index is 0.132. The Hall–Kier alpha value is -2.18. The first kappa shape index (κ1) is 12.3. The van der Waals surface area contributed by atoms with E-state index in [0.717, 1.165) is 6.54 Å². The smallest absolute Gasteiger partial charge is 0.257 e. The minimum Gasteiger partial charge on any atom is -0.368 e. The molecule has 0 bridgehead atoms. The highest BCUT2D eigenvalue weighted by Gasteiger charge is 2.12. The largest absolute Gasteiger partial charge is 0.368 e. The Morgan fingerprint density at radius 3 is 2.67 bits per heavy atom. The molecule has 3 N–H and O–H groups in total. The Labute approximate surface area is 105 Å². The van der Waals surface area contributed by atoms with Gasteiger partial charge in [-0.15, -0.1) is 0 Å². The lowest BCUT2D eigenvalue weighted by Gasteiger charge is -2.18. The van der Waals surface area contributed by atoms with Crippen molar-refractivity contribution in [3.63, 3.8) is 0 Å². The van der Waals surface area contributed by atoms with Gasteiger partial charge in [0, 0.05) is 18.9 Å². The zero-order valence-electron chi connectivity index (χ0n) is 10.8. The Kier molecular flexibility index (Phi) is 3.14. The SMILES string of the molecule is CC(C)(C)CNc1nc(N)nc(-n2cccn2)n1. The van der Waals surface area contributed by atoms with Crippen molar-refractivity contribution in [2.75, 3.05) is 17.6 Å². The van der Waals surface area contributed by atoms with E-state index in [0.29, 0.717) is 11.9 Å². The molecule has 0 saturated heterocycles.